The van der Waals surface area contributed by atoms with Crippen molar-refractivity contribution in [3.8, 4) is 0 Å². The zero-order valence-corrected chi connectivity index (χ0v) is 10.8. The molecule has 16 heavy (non-hydrogen) atoms. The lowest BCUT2D eigenvalue weighted by Gasteiger charge is -2.19. The molecular weight excluding hydrogens is 222 g/mol. The van der Waals surface area contributed by atoms with E-state index in [9.17, 15) is 4.79 Å². The number of anilines is 1. The van der Waals surface area contributed by atoms with Crippen molar-refractivity contribution in [3.05, 3.63) is 11.8 Å². The Balaban J connectivity index is 2.95. The first-order valence-electron chi connectivity index (χ1n) is 5.21. The predicted molar refractivity (Wildman–Crippen MR) is 67.1 cm³/mol. The Morgan fingerprint density at radius 3 is 2.62 bits per heavy atom. The molecule has 88 valence electrons. The van der Waals surface area contributed by atoms with Crippen LogP contribution < -0.4 is 5.32 Å². The highest BCUT2D eigenvalue weighted by molar-refractivity contribution is 7.98. The van der Waals surface area contributed by atoms with Gasteiger partial charge in [0.2, 0.25) is 0 Å². The third-order valence-electron chi connectivity index (χ3n) is 2.47. The monoisotopic (exact) mass is 239 g/mol. The van der Waals surface area contributed by atoms with E-state index < -0.39 is 0 Å². The van der Waals surface area contributed by atoms with Crippen LogP contribution in [0.2, 0.25) is 0 Å². The molecule has 1 aromatic heterocycles. The topological polar surface area (TPSA) is 54.9 Å². The maximum absolute atomic E-state index is 10.9. The van der Waals surface area contributed by atoms with E-state index in [2.05, 4.69) is 36.1 Å². The molecule has 0 spiro atoms. The molecular formula is C11H17N3OS. The molecule has 0 aliphatic heterocycles. The van der Waals surface area contributed by atoms with Gasteiger partial charge in [0.05, 0.1) is 5.56 Å². The average Bonchev–Trinajstić information content (AvgIpc) is 2.28. The quantitative estimate of drug-likeness (QED) is 0.486. The number of thioether (sulfide) groups is 1. The first-order chi connectivity index (χ1) is 7.58. The van der Waals surface area contributed by atoms with Gasteiger partial charge in [0.15, 0.2) is 11.4 Å². The zero-order chi connectivity index (χ0) is 12.1. The maximum atomic E-state index is 10.9. The lowest BCUT2D eigenvalue weighted by Crippen LogP contribution is -2.23. The molecule has 0 aliphatic rings. The fourth-order valence-electron chi connectivity index (χ4n) is 1.06. The standard InChI is InChI=1S/C11H17N3OS/c1-7(2)8(3)13-10-9(6-15)5-12-11(14-10)16-4/h5-8H,1-4H3,(H,12,13,14). The number of aromatic nitrogens is 2. The van der Waals surface area contributed by atoms with E-state index in [0.717, 1.165) is 6.29 Å². The minimum absolute atomic E-state index is 0.267. The van der Waals surface area contributed by atoms with Crippen molar-refractivity contribution in [1.82, 2.24) is 9.97 Å². The second kappa shape index (κ2) is 5.84. The maximum Gasteiger partial charge on any atom is 0.189 e. The number of hydrogen-bond donors (Lipinski definition) is 1. The van der Waals surface area contributed by atoms with E-state index >= 15 is 0 Å². The third-order valence-corrected chi connectivity index (χ3v) is 3.03. The summed E-state index contributed by atoms with van der Waals surface area (Å²) >= 11 is 1.46. The summed E-state index contributed by atoms with van der Waals surface area (Å²) in [5.74, 6) is 1.10. The van der Waals surface area contributed by atoms with Crippen LogP contribution >= 0.6 is 11.8 Å². The van der Waals surface area contributed by atoms with Gasteiger partial charge in [-0.25, -0.2) is 9.97 Å². The Labute approximate surface area is 100 Å². The van der Waals surface area contributed by atoms with Crippen molar-refractivity contribution >= 4 is 23.9 Å². The summed E-state index contributed by atoms with van der Waals surface area (Å²) in [6.07, 6.45) is 4.24. The number of carbonyl (C=O) groups excluding carboxylic acids is 1. The molecule has 0 saturated carbocycles. The van der Waals surface area contributed by atoms with Crippen LogP contribution in [-0.4, -0.2) is 28.6 Å². The fraction of sp³-hybridized carbons (Fsp3) is 0.545. The smallest absolute Gasteiger partial charge is 0.189 e. The minimum Gasteiger partial charge on any atom is -0.367 e. The molecule has 0 amide bonds. The minimum atomic E-state index is 0.267. The van der Waals surface area contributed by atoms with Gasteiger partial charge in [0.1, 0.15) is 5.82 Å². The largest absolute Gasteiger partial charge is 0.367 e. The molecule has 1 atom stereocenters. The van der Waals surface area contributed by atoms with Crippen LogP contribution in [0.1, 0.15) is 31.1 Å². The van der Waals surface area contributed by atoms with Crippen LogP contribution in [0, 0.1) is 5.92 Å². The molecule has 1 rings (SSSR count). The molecule has 1 aromatic rings. The summed E-state index contributed by atoms with van der Waals surface area (Å²) in [7, 11) is 0. The van der Waals surface area contributed by atoms with Crippen LogP contribution in [0.15, 0.2) is 11.4 Å². The average molecular weight is 239 g/mol. The Kier molecular flexibility index (Phi) is 4.73. The summed E-state index contributed by atoms with van der Waals surface area (Å²) in [6.45, 7) is 6.31. The molecule has 0 radical (unpaired) electrons. The van der Waals surface area contributed by atoms with Gasteiger partial charge in [-0.15, -0.1) is 0 Å². The first kappa shape index (κ1) is 13.0. The van der Waals surface area contributed by atoms with Crippen LogP contribution in [0.25, 0.3) is 0 Å². The SMILES string of the molecule is CSc1ncc(C=O)c(NC(C)C(C)C)n1. The van der Waals surface area contributed by atoms with Gasteiger partial charge in [-0.2, -0.15) is 0 Å². The summed E-state index contributed by atoms with van der Waals surface area (Å²) in [6, 6.07) is 0.267. The molecule has 0 fully saturated rings. The van der Waals surface area contributed by atoms with Gasteiger partial charge in [-0.05, 0) is 19.1 Å². The second-order valence-corrected chi connectivity index (χ2v) is 4.73. The summed E-state index contributed by atoms with van der Waals surface area (Å²) in [4.78, 5) is 19.2. The number of rotatable bonds is 5. The zero-order valence-electron chi connectivity index (χ0n) is 10.0. The number of carbonyl (C=O) groups is 1. The number of aldehydes is 1. The van der Waals surface area contributed by atoms with Crippen molar-refractivity contribution in [2.45, 2.75) is 32.0 Å². The fourth-order valence-corrected chi connectivity index (χ4v) is 1.40. The molecule has 0 saturated heterocycles. The van der Waals surface area contributed by atoms with E-state index in [1.807, 2.05) is 6.26 Å². The van der Waals surface area contributed by atoms with Gasteiger partial charge in [0.25, 0.3) is 0 Å². The highest BCUT2D eigenvalue weighted by atomic mass is 32.2. The molecule has 1 heterocycles. The van der Waals surface area contributed by atoms with Crippen LogP contribution in [-0.2, 0) is 0 Å². The Morgan fingerprint density at radius 1 is 1.44 bits per heavy atom. The molecule has 1 unspecified atom stereocenters. The van der Waals surface area contributed by atoms with Crippen molar-refractivity contribution in [2.75, 3.05) is 11.6 Å². The van der Waals surface area contributed by atoms with Crippen LogP contribution in [0.4, 0.5) is 5.82 Å². The van der Waals surface area contributed by atoms with E-state index in [-0.39, 0.29) is 6.04 Å². The van der Waals surface area contributed by atoms with Gasteiger partial charge < -0.3 is 5.32 Å². The Morgan fingerprint density at radius 2 is 2.12 bits per heavy atom. The molecule has 0 aromatic carbocycles. The summed E-state index contributed by atoms with van der Waals surface area (Å²) < 4.78 is 0. The lowest BCUT2D eigenvalue weighted by molar-refractivity contribution is 0.112. The normalized spacial score (nSPS) is 12.6. The number of nitrogens with one attached hydrogen (secondary N) is 1. The van der Waals surface area contributed by atoms with Crippen LogP contribution in [0.5, 0.6) is 0 Å². The van der Waals surface area contributed by atoms with Crippen molar-refractivity contribution in [3.63, 3.8) is 0 Å². The van der Waals surface area contributed by atoms with Crippen molar-refractivity contribution in [1.29, 1.82) is 0 Å². The van der Waals surface area contributed by atoms with Gasteiger partial charge >= 0.3 is 0 Å². The predicted octanol–water partition coefficient (Wildman–Crippen LogP) is 2.47. The number of hydrogen-bond acceptors (Lipinski definition) is 5. The number of nitrogens with zero attached hydrogens (tertiary/aromatic N) is 2. The molecule has 5 heteroatoms. The molecule has 1 N–H and O–H groups in total. The highest BCUT2D eigenvalue weighted by Crippen LogP contribution is 2.17. The highest BCUT2D eigenvalue weighted by Gasteiger charge is 2.11. The molecule has 0 bridgehead atoms. The van der Waals surface area contributed by atoms with E-state index in [1.54, 1.807) is 6.20 Å². The van der Waals surface area contributed by atoms with E-state index in [1.165, 1.54) is 11.8 Å². The van der Waals surface area contributed by atoms with Gasteiger partial charge in [0, 0.05) is 12.2 Å². The molecule has 0 aliphatic carbocycles. The summed E-state index contributed by atoms with van der Waals surface area (Å²) in [5, 5.41) is 3.91. The van der Waals surface area contributed by atoms with E-state index in [0.29, 0.717) is 22.5 Å². The van der Waals surface area contributed by atoms with Gasteiger partial charge in [-0.3, -0.25) is 4.79 Å². The van der Waals surface area contributed by atoms with Crippen molar-refractivity contribution < 1.29 is 4.79 Å². The lowest BCUT2D eigenvalue weighted by atomic mass is 10.1. The van der Waals surface area contributed by atoms with Crippen LogP contribution in [0.3, 0.4) is 0 Å². The van der Waals surface area contributed by atoms with Gasteiger partial charge in [-0.1, -0.05) is 25.6 Å². The Bertz CT molecular complexity index is 368. The van der Waals surface area contributed by atoms with Crippen molar-refractivity contribution in [2.24, 2.45) is 5.92 Å². The Hall–Kier alpha value is -1.10. The second-order valence-electron chi connectivity index (χ2n) is 3.96. The van der Waals surface area contributed by atoms with E-state index in [4.69, 9.17) is 0 Å². The third kappa shape index (κ3) is 3.20. The molecule has 4 nitrogen and oxygen atoms in total. The first-order valence-corrected chi connectivity index (χ1v) is 6.43. The summed E-state index contributed by atoms with van der Waals surface area (Å²) in [5.41, 5.74) is 0.505.